The summed E-state index contributed by atoms with van der Waals surface area (Å²) in [5.74, 6) is 1.10. The monoisotopic (exact) mass is 306 g/mol. The summed E-state index contributed by atoms with van der Waals surface area (Å²) in [5.41, 5.74) is 2.74. The predicted molar refractivity (Wildman–Crippen MR) is 86.3 cm³/mol. The number of anilines is 1. The average molecular weight is 307 g/mol. The number of benzene rings is 1. The Kier molecular flexibility index (Phi) is 5.57. The standard InChI is InChI=1S/C17H20ClFN2/c1-3-6-15-9-13(11-18)10-17(20-15)21(2)12-14-7-4-5-8-16(14)19/h4-5,7-10H,3,6,11-12H2,1-2H3. The van der Waals surface area contributed by atoms with Crippen molar-refractivity contribution in [3.05, 3.63) is 59.0 Å². The van der Waals surface area contributed by atoms with Crippen LogP contribution < -0.4 is 4.90 Å². The Labute approximate surface area is 130 Å². The Morgan fingerprint density at radius 3 is 2.67 bits per heavy atom. The van der Waals surface area contributed by atoms with Crippen LogP contribution in [-0.2, 0) is 18.8 Å². The summed E-state index contributed by atoms with van der Waals surface area (Å²) >= 11 is 5.95. The molecule has 2 rings (SSSR count). The van der Waals surface area contributed by atoms with E-state index in [1.54, 1.807) is 12.1 Å². The average Bonchev–Trinajstić information content (AvgIpc) is 2.49. The molecule has 0 bridgehead atoms. The maximum atomic E-state index is 13.7. The van der Waals surface area contributed by atoms with Crippen molar-refractivity contribution in [1.82, 2.24) is 4.98 Å². The van der Waals surface area contributed by atoms with Gasteiger partial charge in [-0.1, -0.05) is 31.5 Å². The smallest absolute Gasteiger partial charge is 0.129 e. The molecule has 1 aromatic carbocycles. The zero-order valence-electron chi connectivity index (χ0n) is 12.4. The fraction of sp³-hybridized carbons (Fsp3) is 0.353. The van der Waals surface area contributed by atoms with Crippen molar-refractivity contribution in [2.45, 2.75) is 32.2 Å². The van der Waals surface area contributed by atoms with E-state index in [0.717, 1.165) is 29.9 Å². The van der Waals surface area contributed by atoms with Gasteiger partial charge in [0.2, 0.25) is 0 Å². The van der Waals surface area contributed by atoms with Gasteiger partial charge in [0.05, 0.1) is 0 Å². The van der Waals surface area contributed by atoms with Crippen LogP contribution in [0.4, 0.5) is 10.2 Å². The Hall–Kier alpha value is -1.61. The lowest BCUT2D eigenvalue weighted by Gasteiger charge is -2.20. The lowest BCUT2D eigenvalue weighted by atomic mass is 10.1. The van der Waals surface area contributed by atoms with E-state index < -0.39 is 0 Å². The largest absolute Gasteiger partial charge is 0.355 e. The van der Waals surface area contributed by atoms with Crippen molar-refractivity contribution in [1.29, 1.82) is 0 Å². The number of rotatable bonds is 6. The first-order chi connectivity index (χ1) is 10.1. The number of nitrogens with zero attached hydrogens (tertiary/aromatic N) is 2. The lowest BCUT2D eigenvalue weighted by Crippen LogP contribution is -2.19. The first-order valence-corrected chi connectivity index (χ1v) is 7.67. The molecule has 0 amide bonds. The van der Waals surface area contributed by atoms with Crippen LogP contribution in [0.3, 0.4) is 0 Å². The third kappa shape index (κ3) is 4.18. The number of alkyl halides is 1. The third-order valence-electron chi connectivity index (χ3n) is 3.34. The summed E-state index contributed by atoms with van der Waals surface area (Å²) in [4.78, 5) is 6.59. The molecule has 1 heterocycles. The summed E-state index contributed by atoms with van der Waals surface area (Å²) in [6, 6.07) is 10.8. The van der Waals surface area contributed by atoms with E-state index in [1.807, 2.05) is 30.1 Å². The summed E-state index contributed by atoms with van der Waals surface area (Å²) in [7, 11) is 1.92. The molecule has 0 unspecified atom stereocenters. The number of hydrogen-bond acceptors (Lipinski definition) is 2. The van der Waals surface area contributed by atoms with Gasteiger partial charge >= 0.3 is 0 Å². The Bertz CT molecular complexity index is 601. The summed E-state index contributed by atoms with van der Waals surface area (Å²) in [6.45, 7) is 2.61. The molecule has 0 fully saturated rings. The molecule has 2 nitrogen and oxygen atoms in total. The van der Waals surface area contributed by atoms with Gasteiger partial charge in [0.1, 0.15) is 11.6 Å². The van der Waals surface area contributed by atoms with Crippen LogP contribution in [0.5, 0.6) is 0 Å². The SMILES string of the molecule is CCCc1cc(CCl)cc(N(C)Cc2ccccc2F)n1. The number of pyridine rings is 1. The fourth-order valence-corrected chi connectivity index (χ4v) is 2.41. The lowest BCUT2D eigenvalue weighted by molar-refractivity contribution is 0.607. The predicted octanol–water partition coefficient (Wildman–Crippen LogP) is 4.55. The van der Waals surface area contributed by atoms with Crippen LogP contribution in [0.2, 0.25) is 0 Å². The molecular weight excluding hydrogens is 287 g/mol. The second-order valence-electron chi connectivity index (χ2n) is 5.16. The molecule has 4 heteroatoms. The molecule has 0 radical (unpaired) electrons. The molecule has 1 aromatic heterocycles. The van der Waals surface area contributed by atoms with Gasteiger partial charge in [0.15, 0.2) is 0 Å². The normalized spacial score (nSPS) is 10.7. The second-order valence-corrected chi connectivity index (χ2v) is 5.42. The van der Waals surface area contributed by atoms with Crippen LogP contribution in [0.25, 0.3) is 0 Å². The van der Waals surface area contributed by atoms with Gasteiger partial charge in [0, 0.05) is 30.7 Å². The van der Waals surface area contributed by atoms with Crippen molar-refractivity contribution in [2.24, 2.45) is 0 Å². The van der Waals surface area contributed by atoms with Gasteiger partial charge in [-0.15, -0.1) is 11.6 Å². The van der Waals surface area contributed by atoms with E-state index >= 15 is 0 Å². The maximum Gasteiger partial charge on any atom is 0.129 e. The minimum absolute atomic E-state index is 0.188. The van der Waals surface area contributed by atoms with E-state index in [2.05, 4.69) is 11.9 Å². The van der Waals surface area contributed by atoms with E-state index in [4.69, 9.17) is 11.6 Å². The van der Waals surface area contributed by atoms with Crippen molar-refractivity contribution < 1.29 is 4.39 Å². The molecule has 0 aliphatic rings. The minimum Gasteiger partial charge on any atom is -0.355 e. The van der Waals surface area contributed by atoms with Gasteiger partial charge in [-0.05, 0) is 30.2 Å². The minimum atomic E-state index is -0.188. The van der Waals surface area contributed by atoms with Crippen molar-refractivity contribution >= 4 is 17.4 Å². The van der Waals surface area contributed by atoms with Crippen molar-refractivity contribution in [2.75, 3.05) is 11.9 Å². The summed E-state index contributed by atoms with van der Waals surface area (Å²) in [6.07, 6.45) is 1.96. The number of aromatic nitrogens is 1. The summed E-state index contributed by atoms with van der Waals surface area (Å²) in [5, 5.41) is 0. The molecule has 0 spiro atoms. The number of aryl methyl sites for hydroxylation is 1. The molecule has 0 saturated heterocycles. The highest BCUT2D eigenvalue weighted by Gasteiger charge is 2.09. The molecule has 0 atom stereocenters. The Morgan fingerprint density at radius 1 is 1.24 bits per heavy atom. The van der Waals surface area contributed by atoms with Gasteiger partial charge in [-0.2, -0.15) is 0 Å². The zero-order valence-corrected chi connectivity index (χ0v) is 13.2. The highest BCUT2D eigenvalue weighted by molar-refractivity contribution is 6.17. The first kappa shape index (κ1) is 15.8. The molecular formula is C17H20ClFN2. The van der Waals surface area contributed by atoms with Crippen molar-refractivity contribution in [3.63, 3.8) is 0 Å². The second kappa shape index (κ2) is 7.41. The van der Waals surface area contributed by atoms with Gasteiger partial charge < -0.3 is 4.90 Å². The molecule has 112 valence electrons. The molecule has 21 heavy (non-hydrogen) atoms. The number of halogens is 2. The maximum absolute atomic E-state index is 13.7. The fourth-order valence-electron chi connectivity index (χ4n) is 2.25. The molecule has 0 N–H and O–H groups in total. The topological polar surface area (TPSA) is 16.1 Å². The van der Waals surface area contributed by atoms with Crippen LogP contribution in [0.1, 0.15) is 30.2 Å². The Balaban J connectivity index is 2.23. The third-order valence-corrected chi connectivity index (χ3v) is 3.65. The van der Waals surface area contributed by atoms with Crippen molar-refractivity contribution in [3.8, 4) is 0 Å². The van der Waals surface area contributed by atoms with E-state index in [0.29, 0.717) is 18.0 Å². The van der Waals surface area contributed by atoms with E-state index in [1.165, 1.54) is 6.07 Å². The summed E-state index contributed by atoms with van der Waals surface area (Å²) < 4.78 is 13.7. The van der Waals surface area contributed by atoms with Gasteiger partial charge in [0.25, 0.3) is 0 Å². The van der Waals surface area contributed by atoms with Crippen LogP contribution in [-0.4, -0.2) is 12.0 Å². The van der Waals surface area contributed by atoms with Crippen LogP contribution in [0, 0.1) is 5.82 Å². The Morgan fingerprint density at radius 2 is 2.00 bits per heavy atom. The molecule has 0 aliphatic carbocycles. The van der Waals surface area contributed by atoms with Gasteiger partial charge in [-0.3, -0.25) is 0 Å². The highest BCUT2D eigenvalue weighted by atomic mass is 35.5. The molecule has 0 aliphatic heterocycles. The zero-order chi connectivity index (χ0) is 15.2. The highest BCUT2D eigenvalue weighted by Crippen LogP contribution is 2.19. The molecule has 2 aromatic rings. The van der Waals surface area contributed by atoms with E-state index in [-0.39, 0.29) is 5.82 Å². The number of hydrogen-bond donors (Lipinski definition) is 0. The first-order valence-electron chi connectivity index (χ1n) is 7.14. The van der Waals surface area contributed by atoms with Gasteiger partial charge in [-0.25, -0.2) is 9.37 Å². The van der Waals surface area contributed by atoms with E-state index in [9.17, 15) is 4.39 Å². The molecule has 0 saturated carbocycles. The van der Waals surface area contributed by atoms with Crippen LogP contribution in [0.15, 0.2) is 36.4 Å². The van der Waals surface area contributed by atoms with Crippen LogP contribution >= 0.6 is 11.6 Å². The quantitative estimate of drug-likeness (QED) is 0.728.